The summed E-state index contributed by atoms with van der Waals surface area (Å²) in [7, 11) is 4.02. The number of aromatic nitrogens is 3. The summed E-state index contributed by atoms with van der Waals surface area (Å²) < 4.78 is 7.52. The number of amides is 1. The number of hydrogen-bond acceptors (Lipinski definition) is 5. The lowest BCUT2D eigenvalue weighted by atomic mass is 10.00. The van der Waals surface area contributed by atoms with Crippen molar-refractivity contribution in [2.75, 3.05) is 25.5 Å². The molecule has 0 aromatic carbocycles. The molecule has 0 spiro atoms. The third-order valence-corrected chi connectivity index (χ3v) is 4.97. The Morgan fingerprint density at radius 2 is 1.96 bits per heavy atom. The Morgan fingerprint density at radius 1 is 1.26 bits per heavy atom. The number of carbonyl (C=O) groups excluding carboxylic acids is 1. The van der Waals surface area contributed by atoms with Gasteiger partial charge in [-0.2, -0.15) is 9.61 Å². The molecular formula is C20H31N5O2. The van der Waals surface area contributed by atoms with Crippen molar-refractivity contribution in [3.05, 3.63) is 23.0 Å². The first-order valence-corrected chi connectivity index (χ1v) is 9.62. The average Bonchev–Trinajstić information content (AvgIpc) is 2.96. The lowest BCUT2D eigenvalue weighted by Gasteiger charge is -2.35. The van der Waals surface area contributed by atoms with E-state index in [1.807, 2.05) is 57.3 Å². The number of ether oxygens (including phenoxy) is 1. The van der Waals surface area contributed by atoms with Gasteiger partial charge in [-0.05, 0) is 53.9 Å². The number of fused-ring (bicyclic) bond motifs is 1. The van der Waals surface area contributed by atoms with E-state index < -0.39 is 5.60 Å². The van der Waals surface area contributed by atoms with Gasteiger partial charge in [0.05, 0.1) is 11.7 Å². The molecule has 1 aliphatic heterocycles. The van der Waals surface area contributed by atoms with Gasteiger partial charge in [0, 0.05) is 38.0 Å². The lowest BCUT2D eigenvalue weighted by Crippen LogP contribution is -2.42. The fraction of sp³-hybridized carbons (Fsp3) is 0.650. The van der Waals surface area contributed by atoms with Gasteiger partial charge in [0.15, 0.2) is 5.65 Å². The maximum atomic E-state index is 12.7. The highest BCUT2D eigenvalue weighted by Gasteiger charge is 2.33. The number of hydrogen-bond donors (Lipinski definition) is 0. The first-order valence-electron chi connectivity index (χ1n) is 9.62. The van der Waals surface area contributed by atoms with E-state index >= 15 is 0 Å². The second kappa shape index (κ2) is 7.02. The quantitative estimate of drug-likeness (QED) is 0.799. The highest BCUT2D eigenvalue weighted by atomic mass is 16.6. The second-order valence-electron chi connectivity index (χ2n) is 8.56. The van der Waals surface area contributed by atoms with Crippen molar-refractivity contribution in [1.82, 2.24) is 19.5 Å². The predicted octanol–water partition coefficient (Wildman–Crippen LogP) is 3.87. The van der Waals surface area contributed by atoms with E-state index in [0.717, 1.165) is 47.7 Å². The maximum Gasteiger partial charge on any atom is 0.410 e. The molecule has 148 valence electrons. The van der Waals surface area contributed by atoms with Gasteiger partial charge in [-0.25, -0.2) is 9.78 Å². The van der Waals surface area contributed by atoms with Crippen molar-refractivity contribution in [3.63, 3.8) is 0 Å². The Bertz CT molecular complexity index is 850. The van der Waals surface area contributed by atoms with Crippen LogP contribution < -0.4 is 4.90 Å². The van der Waals surface area contributed by atoms with Crippen LogP contribution in [0.4, 0.5) is 10.6 Å². The number of aryl methyl sites for hydroxylation is 1. The molecule has 2 aromatic rings. The van der Waals surface area contributed by atoms with Gasteiger partial charge in [0.25, 0.3) is 0 Å². The Kier molecular flexibility index (Phi) is 5.06. The molecule has 2 aromatic heterocycles. The van der Waals surface area contributed by atoms with Crippen molar-refractivity contribution < 1.29 is 9.53 Å². The minimum atomic E-state index is -0.508. The maximum absolute atomic E-state index is 12.7. The van der Waals surface area contributed by atoms with Crippen LogP contribution in [-0.4, -0.2) is 51.8 Å². The van der Waals surface area contributed by atoms with Crippen molar-refractivity contribution in [2.24, 2.45) is 0 Å². The summed E-state index contributed by atoms with van der Waals surface area (Å²) in [5.74, 6) is 1.02. The van der Waals surface area contributed by atoms with Crippen LogP contribution >= 0.6 is 0 Å². The standard InChI is InChI=1S/C20H31N5O2/c1-13-14(2)21-17-12-15(22-25(17)18(13)23(6)7)16-10-8-9-11-24(16)19(26)27-20(3,4)5/h12,16H,8-11H2,1-7H3/t16-/m0/s1. The van der Waals surface area contributed by atoms with E-state index in [1.165, 1.54) is 0 Å². The molecule has 1 fully saturated rings. The number of piperidine rings is 1. The summed E-state index contributed by atoms with van der Waals surface area (Å²) in [4.78, 5) is 21.3. The number of rotatable bonds is 2. The van der Waals surface area contributed by atoms with E-state index in [0.29, 0.717) is 6.54 Å². The SMILES string of the molecule is Cc1nc2cc([C@@H]3CCCCN3C(=O)OC(C)(C)C)nn2c(N(C)C)c1C. The van der Waals surface area contributed by atoms with Crippen LogP contribution in [0.15, 0.2) is 6.07 Å². The highest BCUT2D eigenvalue weighted by molar-refractivity contribution is 5.69. The van der Waals surface area contributed by atoms with Gasteiger partial charge in [-0.1, -0.05) is 0 Å². The first kappa shape index (κ1) is 19.5. The third kappa shape index (κ3) is 3.87. The van der Waals surface area contributed by atoms with Crippen molar-refractivity contribution in [3.8, 4) is 0 Å². The highest BCUT2D eigenvalue weighted by Crippen LogP contribution is 2.33. The zero-order chi connectivity index (χ0) is 19.9. The van der Waals surface area contributed by atoms with E-state index in [1.54, 1.807) is 0 Å². The van der Waals surface area contributed by atoms with Crippen molar-refractivity contribution in [1.29, 1.82) is 0 Å². The molecule has 1 amide bonds. The van der Waals surface area contributed by atoms with Crippen LogP contribution in [0.2, 0.25) is 0 Å². The van der Waals surface area contributed by atoms with Crippen LogP contribution in [0.1, 0.15) is 63.0 Å². The summed E-state index contributed by atoms with van der Waals surface area (Å²) in [6, 6.07) is 1.93. The summed E-state index contributed by atoms with van der Waals surface area (Å²) >= 11 is 0. The summed E-state index contributed by atoms with van der Waals surface area (Å²) in [5, 5.41) is 4.85. The van der Waals surface area contributed by atoms with E-state index in [4.69, 9.17) is 14.8 Å². The molecule has 7 nitrogen and oxygen atoms in total. The van der Waals surface area contributed by atoms with E-state index in [-0.39, 0.29) is 12.1 Å². The van der Waals surface area contributed by atoms with Crippen LogP contribution in [0.25, 0.3) is 5.65 Å². The van der Waals surface area contributed by atoms with Gasteiger partial charge in [0.1, 0.15) is 11.4 Å². The number of nitrogens with zero attached hydrogens (tertiary/aromatic N) is 5. The third-order valence-electron chi connectivity index (χ3n) is 4.97. The molecule has 7 heteroatoms. The van der Waals surface area contributed by atoms with Gasteiger partial charge in [0.2, 0.25) is 0 Å². The number of anilines is 1. The molecular weight excluding hydrogens is 342 g/mol. The minimum absolute atomic E-state index is 0.0778. The average molecular weight is 374 g/mol. The zero-order valence-electron chi connectivity index (χ0n) is 17.5. The fourth-order valence-corrected chi connectivity index (χ4v) is 3.67. The molecule has 0 unspecified atom stereocenters. The van der Waals surface area contributed by atoms with Crippen molar-refractivity contribution >= 4 is 17.6 Å². The summed E-state index contributed by atoms with van der Waals surface area (Å²) in [5.41, 5.74) is 3.28. The van der Waals surface area contributed by atoms with Crippen LogP contribution in [0, 0.1) is 13.8 Å². The monoisotopic (exact) mass is 373 g/mol. The molecule has 1 saturated heterocycles. The number of likely N-dealkylation sites (tertiary alicyclic amines) is 1. The summed E-state index contributed by atoms with van der Waals surface area (Å²) in [6.07, 6.45) is 2.68. The Morgan fingerprint density at radius 3 is 2.59 bits per heavy atom. The Balaban J connectivity index is 2.02. The van der Waals surface area contributed by atoms with Gasteiger partial charge in [-0.3, -0.25) is 4.90 Å². The molecule has 27 heavy (non-hydrogen) atoms. The van der Waals surface area contributed by atoms with Gasteiger partial charge >= 0.3 is 6.09 Å². The number of carbonyl (C=O) groups is 1. The van der Waals surface area contributed by atoms with Crippen LogP contribution in [-0.2, 0) is 4.74 Å². The second-order valence-corrected chi connectivity index (χ2v) is 8.56. The Hall–Kier alpha value is -2.31. The molecule has 0 saturated carbocycles. The molecule has 0 aliphatic carbocycles. The van der Waals surface area contributed by atoms with Crippen molar-refractivity contribution in [2.45, 2.75) is 65.5 Å². The smallest absolute Gasteiger partial charge is 0.410 e. The van der Waals surface area contributed by atoms with E-state index in [9.17, 15) is 4.79 Å². The Labute approximate surface area is 161 Å². The first-order chi connectivity index (χ1) is 12.6. The molecule has 1 aliphatic rings. The zero-order valence-corrected chi connectivity index (χ0v) is 17.5. The predicted molar refractivity (Wildman–Crippen MR) is 106 cm³/mol. The molecule has 0 N–H and O–H groups in total. The molecule has 0 bridgehead atoms. The molecule has 3 rings (SSSR count). The van der Waals surface area contributed by atoms with E-state index in [2.05, 4.69) is 11.8 Å². The summed E-state index contributed by atoms with van der Waals surface area (Å²) in [6.45, 7) is 10.5. The largest absolute Gasteiger partial charge is 0.444 e. The van der Waals surface area contributed by atoms with Gasteiger partial charge < -0.3 is 9.64 Å². The molecule has 3 heterocycles. The van der Waals surface area contributed by atoms with Gasteiger partial charge in [-0.15, -0.1) is 0 Å². The molecule has 0 radical (unpaired) electrons. The minimum Gasteiger partial charge on any atom is -0.444 e. The topological polar surface area (TPSA) is 63.0 Å². The van der Waals surface area contributed by atoms with Crippen LogP contribution in [0.3, 0.4) is 0 Å². The molecule has 1 atom stereocenters. The van der Waals surface area contributed by atoms with Crippen LogP contribution in [0.5, 0.6) is 0 Å². The normalized spacial score (nSPS) is 18.0. The fourth-order valence-electron chi connectivity index (χ4n) is 3.67. The lowest BCUT2D eigenvalue weighted by molar-refractivity contribution is 0.00898.